The standard InChI is InChI=1S/C14H22N2O3S/c1-16(9-4-8-15)14(17)7-10-20(18)13-6-3-5-12(11-13)19-2/h3,5-6,11H,4,7-10,15H2,1-2H3. The van der Waals surface area contributed by atoms with Crippen LogP contribution in [0.1, 0.15) is 12.8 Å². The van der Waals surface area contributed by atoms with Crippen molar-refractivity contribution in [3.63, 3.8) is 0 Å². The predicted octanol–water partition coefficient (Wildman–Crippen LogP) is 1.00. The molecule has 5 nitrogen and oxygen atoms in total. The van der Waals surface area contributed by atoms with E-state index in [4.69, 9.17) is 10.5 Å². The Bertz CT molecular complexity index is 465. The van der Waals surface area contributed by atoms with Gasteiger partial charge in [-0.2, -0.15) is 0 Å². The van der Waals surface area contributed by atoms with Crippen molar-refractivity contribution in [2.45, 2.75) is 17.7 Å². The van der Waals surface area contributed by atoms with Crippen LogP contribution in [-0.2, 0) is 15.6 Å². The summed E-state index contributed by atoms with van der Waals surface area (Å²) >= 11 is 0. The van der Waals surface area contributed by atoms with Gasteiger partial charge in [0.1, 0.15) is 5.75 Å². The van der Waals surface area contributed by atoms with Crippen LogP contribution in [0.25, 0.3) is 0 Å². The first-order valence-corrected chi connectivity index (χ1v) is 7.87. The first-order chi connectivity index (χ1) is 9.58. The van der Waals surface area contributed by atoms with Gasteiger partial charge in [0.2, 0.25) is 5.91 Å². The molecule has 0 saturated heterocycles. The van der Waals surface area contributed by atoms with E-state index < -0.39 is 10.8 Å². The van der Waals surface area contributed by atoms with Gasteiger partial charge in [0.25, 0.3) is 0 Å². The number of ether oxygens (including phenoxy) is 1. The van der Waals surface area contributed by atoms with Gasteiger partial charge in [-0.05, 0) is 31.2 Å². The number of amides is 1. The van der Waals surface area contributed by atoms with Gasteiger partial charge >= 0.3 is 0 Å². The average molecular weight is 298 g/mol. The highest BCUT2D eigenvalue weighted by Crippen LogP contribution is 2.16. The molecule has 0 heterocycles. The summed E-state index contributed by atoms with van der Waals surface area (Å²) in [5.74, 6) is 0.982. The third-order valence-corrected chi connectivity index (χ3v) is 4.28. The van der Waals surface area contributed by atoms with Crippen LogP contribution in [0.3, 0.4) is 0 Å². The average Bonchev–Trinajstić information content (AvgIpc) is 2.49. The number of hydrogen-bond donors (Lipinski definition) is 1. The molecule has 0 aromatic heterocycles. The van der Waals surface area contributed by atoms with Gasteiger partial charge in [-0.25, -0.2) is 0 Å². The maximum atomic E-state index is 12.1. The Morgan fingerprint density at radius 3 is 2.85 bits per heavy atom. The highest BCUT2D eigenvalue weighted by molar-refractivity contribution is 7.85. The molecular weight excluding hydrogens is 276 g/mol. The van der Waals surface area contributed by atoms with Gasteiger partial charge in [-0.15, -0.1) is 0 Å². The Morgan fingerprint density at radius 2 is 2.20 bits per heavy atom. The number of methoxy groups -OCH3 is 1. The summed E-state index contributed by atoms with van der Waals surface area (Å²) in [5.41, 5.74) is 5.40. The molecule has 6 heteroatoms. The molecule has 0 saturated carbocycles. The summed E-state index contributed by atoms with van der Waals surface area (Å²) in [6.45, 7) is 1.20. The Labute approximate surface area is 122 Å². The van der Waals surface area contributed by atoms with Crippen LogP contribution in [0.15, 0.2) is 29.2 Å². The molecule has 1 rings (SSSR count). The van der Waals surface area contributed by atoms with E-state index in [0.29, 0.717) is 29.5 Å². The minimum atomic E-state index is -1.19. The van der Waals surface area contributed by atoms with Crippen molar-refractivity contribution in [1.29, 1.82) is 0 Å². The fourth-order valence-corrected chi connectivity index (χ4v) is 2.76. The molecule has 1 atom stereocenters. The normalized spacial score (nSPS) is 11.9. The summed E-state index contributed by atoms with van der Waals surface area (Å²) in [7, 11) is 2.12. The van der Waals surface area contributed by atoms with Crippen LogP contribution in [0, 0.1) is 0 Å². The molecule has 0 bridgehead atoms. The number of nitrogens with two attached hydrogens (primary N) is 1. The smallest absolute Gasteiger partial charge is 0.223 e. The summed E-state index contributed by atoms with van der Waals surface area (Å²) < 4.78 is 17.2. The molecular formula is C14H22N2O3S. The van der Waals surface area contributed by atoms with Gasteiger partial charge in [0.05, 0.1) is 17.9 Å². The highest BCUT2D eigenvalue weighted by atomic mass is 32.2. The number of rotatable bonds is 8. The van der Waals surface area contributed by atoms with E-state index >= 15 is 0 Å². The van der Waals surface area contributed by atoms with E-state index in [2.05, 4.69) is 0 Å². The zero-order chi connectivity index (χ0) is 15.0. The number of carbonyl (C=O) groups excluding carboxylic acids is 1. The SMILES string of the molecule is COc1cccc(S(=O)CCC(=O)N(C)CCCN)c1. The lowest BCUT2D eigenvalue weighted by atomic mass is 10.3. The number of benzene rings is 1. The van der Waals surface area contributed by atoms with Crippen LogP contribution >= 0.6 is 0 Å². The van der Waals surface area contributed by atoms with Crippen molar-refractivity contribution in [3.05, 3.63) is 24.3 Å². The minimum absolute atomic E-state index is 0.00491. The lowest BCUT2D eigenvalue weighted by Crippen LogP contribution is -2.29. The zero-order valence-corrected chi connectivity index (χ0v) is 12.8. The molecule has 2 N–H and O–H groups in total. The molecule has 0 aliphatic rings. The lowest BCUT2D eigenvalue weighted by molar-refractivity contribution is -0.129. The summed E-state index contributed by atoms with van der Waals surface area (Å²) in [4.78, 5) is 14.2. The quantitative estimate of drug-likeness (QED) is 0.777. The van der Waals surface area contributed by atoms with Crippen molar-refractivity contribution in [1.82, 2.24) is 4.90 Å². The molecule has 0 fully saturated rings. The maximum Gasteiger partial charge on any atom is 0.223 e. The third kappa shape index (κ3) is 5.30. The number of carbonyl (C=O) groups is 1. The fourth-order valence-electron chi connectivity index (χ4n) is 1.68. The molecule has 0 aliphatic heterocycles. The van der Waals surface area contributed by atoms with E-state index in [0.717, 1.165) is 6.42 Å². The summed E-state index contributed by atoms with van der Waals surface area (Å²) in [5, 5.41) is 0. The lowest BCUT2D eigenvalue weighted by Gasteiger charge is -2.16. The van der Waals surface area contributed by atoms with E-state index in [9.17, 15) is 9.00 Å². The Hall–Kier alpha value is -1.40. The topological polar surface area (TPSA) is 72.6 Å². The molecule has 0 radical (unpaired) electrons. The number of nitrogens with zero attached hydrogens (tertiary/aromatic N) is 1. The highest BCUT2D eigenvalue weighted by Gasteiger charge is 2.11. The third-order valence-electron chi connectivity index (χ3n) is 2.93. The van der Waals surface area contributed by atoms with Gasteiger partial charge in [0.15, 0.2) is 0 Å². The second kappa shape index (κ2) is 8.71. The second-order valence-corrected chi connectivity index (χ2v) is 6.01. The predicted molar refractivity (Wildman–Crippen MR) is 80.2 cm³/mol. The summed E-state index contributed by atoms with van der Waals surface area (Å²) in [6, 6.07) is 7.10. The Morgan fingerprint density at radius 1 is 1.45 bits per heavy atom. The summed E-state index contributed by atoms with van der Waals surface area (Å²) in [6.07, 6.45) is 1.05. The van der Waals surface area contributed by atoms with Crippen molar-refractivity contribution < 1.29 is 13.7 Å². The first-order valence-electron chi connectivity index (χ1n) is 6.55. The van der Waals surface area contributed by atoms with Crippen LogP contribution in [0.2, 0.25) is 0 Å². The zero-order valence-electron chi connectivity index (χ0n) is 12.0. The van der Waals surface area contributed by atoms with Crippen molar-refractivity contribution in [2.24, 2.45) is 5.73 Å². The van der Waals surface area contributed by atoms with Crippen LogP contribution in [0.4, 0.5) is 0 Å². The fraction of sp³-hybridized carbons (Fsp3) is 0.500. The molecule has 0 aliphatic carbocycles. The monoisotopic (exact) mass is 298 g/mol. The molecule has 1 aromatic rings. The van der Waals surface area contributed by atoms with E-state index in [1.807, 2.05) is 0 Å². The maximum absolute atomic E-state index is 12.1. The largest absolute Gasteiger partial charge is 0.497 e. The molecule has 0 spiro atoms. The van der Waals surface area contributed by atoms with Gasteiger partial charge in [-0.1, -0.05) is 6.07 Å². The van der Waals surface area contributed by atoms with Crippen molar-refractivity contribution in [2.75, 3.05) is 33.0 Å². The molecule has 1 aromatic carbocycles. The van der Waals surface area contributed by atoms with E-state index in [1.54, 1.807) is 43.3 Å². The van der Waals surface area contributed by atoms with Crippen molar-refractivity contribution in [3.8, 4) is 5.75 Å². The van der Waals surface area contributed by atoms with Crippen LogP contribution in [0.5, 0.6) is 5.75 Å². The first kappa shape index (κ1) is 16.7. The Balaban J connectivity index is 2.48. The van der Waals surface area contributed by atoms with Crippen LogP contribution < -0.4 is 10.5 Å². The molecule has 20 heavy (non-hydrogen) atoms. The minimum Gasteiger partial charge on any atom is -0.497 e. The van der Waals surface area contributed by atoms with E-state index in [1.165, 1.54) is 0 Å². The van der Waals surface area contributed by atoms with Gasteiger partial charge in [0, 0.05) is 30.7 Å². The van der Waals surface area contributed by atoms with Crippen LogP contribution in [-0.4, -0.2) is 48.0 Å². The second-order valence-electron chi connectivity index (χ2n) is 4.44. The molecule has 112 valence electrons. The Kier molecular flexibility index (Phi) is 7.25. The van der Waals surface area contributed by atoms with Gasteiger partial charge < -0.3 is 15.4 Å². The van der Waals surface area contributed by atoms with Gasteiger partial charge in [-0.3, -0.25) is 9.00 Å². The number of hydrogen-bond acceptors (Lipinski definition) is 4. The van der Waals surface area contributed by atoms with Crippen molar-refractivity contribution >= 4 is 16.7 Å². The van der Waals surface area contributed by atoms with E-state index in [-0.39, 0.29) is 12.3 Å². The molecule has 1 amide bonds. The molecule has 1 unspecified atom stereocenters.